The number of carbonyl (C=O) groups excluding carboxylic acids is 4. The molecule has 1 aromatic rings. The number of carbonyl (C=O) groups is 4. The molecule has 3 saturated heterocycles. The third kappa shape index (κ3) is 3.32. The molecule has 1 spiro atoms. The number of hydrogen-bond acceptors (Lipinski definition) is 6. The molecular formula is C25H30N4O5. The van der Waals surface area contributed by atoms with Gasteiger partial charge in [0, 0.05) is 47.5 Å². The van der Waals surface area contributed by atoms with Crippen molar-refractivity contribution < 1.29 is 23.9 Å². The standard InChI is InChI=1S/C25H30N4O5/c30-20-4-3-19(22(31)27-20)29-13-17-16(24(29)33)1-2-18-21(17)34-14-25(18)7-11-28(12-8-25)23(32)15-5-9-26-10-6-15/h1-2,15,19,26H,3-14H2,(H,27,30,31)/t19-/m0/s1. The van der Waals surface area contributed by atoms with E-state index in [0.29, 0.717) is 25.1 Å². The Morgan fingerprint density at radius 2 is 1.82 bits per heavy atom. The zero-order valence-electron chi connectivity index (χ0n) is 19.2. The molecule has 0 aliphatic carbocycles. The van der Waals surface area contributed by atoms with Crippen LogP contribution in [-0.2, 0) is 26.3 Å². The summed E-state index contributed by atoms with van der Waals surface area (Å²) in [6, 6.07) is 3.25. The molecule has 0 saturated carbocycles. The Kier molecular flexibility index (Phi) is 5.13. The molecule has 34 heavy (non-hydrogen) atoms. The lowest BCUT2D eigenvalue weighted by Crippen LogP contribution is -2.52. The molecule has 5 heterocycles. The smallest absolute Gasteiger partial charge is 0.255 e. The van der Waals surface area contributed by atoms with Crippen LogP contribution in [0.1, 0.15) is 60.0 Å². The fourth-order valence-corrected chi connectivity index (χ4v) is 6.38. The number of benzene rings is 1. The van der Waals surface area contributed by atoms with Crippen molar-refractivity contribution in [1.82, 2.24) is 20.4 Å². The third-order valence-corrected chi connectivity index (χ3v) is 8.45. The minimum atomic E-state index is -0.632. The quantitative estimate of drug-likeness (QED) is 0.622. The van der Waals surface area contributed by atoms with Gasteiger partial charge in [0.2, 0.25) is 17.7 Å². The Morgan fingerprint density at radius 3 is 2.56 bits per heavy atom. The van der Waals surface area contributed by atoms with Gasteiger partial charge in [-0.25, -0.2) is 0 Å². The van der Waals surface area contributed by atoms with E-state index in [4.69, 9.17) is 4.74 Å². The average molecular weight is 467 g/mol. The van der Waals surface area contributed by atoms with Gasteiger partial charge in [0.25, 0.3) is 5.91 Å². The zero-order valence-corrected chi connectivity index (χ0v) is 19.2. The maximum absolute atomic E-state index is 13.1. The first-order valence-electron chi connectivity index (χ1n) is 12.4. The van der Waals surface area contributed by atoms with Crippen LogP contribution in [-0.4, -0.2) is 72.3 Å². The Morgan fingerprint density at radius 1 is 1.06 bits per heavy atom. The minimum Gasteiger partial charge on any atom is -0.492 e. The van der Waals surface area contributed by atoms with Crippen LogP contribution in [0.25, 0.3) is 0 Å². The second kappa shape index (κ2) is 8.08. The number of hydrogen-bond donors (Lipinski definition) is 2. The number of nitrogens with one attached hydrogen (secondary N) is 2. The summed E-state index contributed by atoms with van der Waals surface area (Å²) in [4.78, 5) is 53.6. The number of ether oxygens (including phenoxy) is 1. The first-order chi connectivity index (χ1) is 16.5. The van der Waals surface area contributed by atoms with E-state index in [9.17, 15) is 19.2 Å². The highest BCUT2D eigenvalue weighted by Gasteiger charge is 2.48. The van der Waals surface area contributed by atoms with Crippen molar-refractivity contribution in [3.8, 4) is 5.75 Å². The predicted octanol–water partition coefficient (Wildman–Crippen LogP) is 0.700. The summed E-state index contributed by atoms with van der Waals surface area (Å²) in [5.74, 6) is 0.321. The van der Waals surface area contributed by atoms with Crippen molar-refractivity contribution in [2.45, 2.75) is 56.5 Å². The highest BCUT2D eigenvalue weighted by atomic mass is 16.5. The topological polar surface area (TPSA) is 108 Å². The minimum absolute atomic E-state index is 0.134. The van der Waals surface area contributed by atoms with E-state index in [1.54, 1.807) is 4.90 Å². The van der Waals surface area contributed by atoms with Gasteiger partial charge in [-0.15, -0.1) is 0 Å². The highest BCUT2D eigenvalue weighted by Crippen LogP contribution is 2.49. The molecule has 5 aliphatic heterocycles. The molecule has 1 atom stereocenters. The van der Waals surface area contributed by atoms with Gasteiger partial charge in [0.1, 0.15) is 11.8 Å². The summed E-state index contributed by atoms with van der Waals surface area (Å²) in [5.41, 5.74) is 2.41. The zero-order chi connectivity index (χ0) is 23.4. The molecule has 0 unspecified atom stereocenters. The lowest BCUT2D eigenvalue weighted by atomic mass is 9.73. The summed E-state index contributed by atoms with van der Waals surface area (Å²) >= 11 is 0. The Balaban J connectivity index is 1.19. The first-order valence-corrected chi connectivity index (χ1v) is 12.4. The van der Waals surface area contributed by atoms with Crippen LogP contribution < -0.4 is 15.4 Å². The van der Waals surface area contributed by atoms with Gasteiger partial charge in [0.15, 0.2) is 0 Å². The van der Waals surface area contributed by atoms with Crippen LogP contribution in [0.3, 0.4) is 0 Å². The van der Waals surface area contributed by atoms with E-state index in [1.165, 1.54) is 0 Å². The van der Waals surface area contributed by atoms with Gasteiger partial charge in [-0.1, -0.05) is 6.07 Å². The number of piperidine rings is 3. The molecule has 0 aromatic heterocycles. The molecular weight excluding hydrogens is 436 g/mol. The molecule has 1 aromatic carbocycles. The largest absolute Gasteiger partial charge is 0.492 e. The van der Waals surface area contributed by atoms with Crippen molar-refractivity contribution in [3.63, 3.8) is 0 Å². The number of nitrogens with zero attached hydrogens (tertiary/aromatic N) is 2. The van der Waals surface area contributed by atoms with Crippen molar-refractivity contribution in [2.75, 3.05) is 32.8 Å². The van der Waals surface area contributed by atoms with Gasteiger partial charge in [0.05, 0.1) is 13.2 Å². The summed E-state index contributed by atoms with van der Waals surface area (Å²) in [5, 5.41) is 5.67. The number of likely N-dealkylation sites (tertiary alicyclic amines) is 1. The number of imide groups is 1. The van der Waals surface area contributed by atoms with E-state index in [0.717, 1.165) is 68.7 Å². The van der Waals surface area contributed by atoms with Crippen LogP contribution >= 0.6 is 0 Å². The summed E-state index contributed by atoms with van der Waals surface area (Å²) in [7, 11) is 0. The molecule has 9 heteroatoms. The van der Waals surface area contributed by atoms with Gasteiger partial charge in [-0.05, 0) is 51.3 Å². The van der Waals surface area contributed by atoms with Crippen molar-refractivity contribution in [2.24, 2.45) is 5.92 Å². The molecule has 3 fully saturated rings. The van der Waals surface area contributed by atoms with Crippen LogP contribution in [0.4, 0.5) is 0 Å². The summed E-state index contributed by atoms with van der Waals surface area (Å²) < 4.78 is 6.23. The number of rotatable bonds is 2. The van der Waals surface area contributed by atoms with Gasteiger partial charge in [-0.3, -0.25) is 24.5 Å². The molecule has 2 N–H and O–H groups in total. The molecule has 4 amide bonds. The fourth-order valence-electron chi connectivity index (χ4n) is 6.38. The molecule has 9 nitrogen and oxygen atoms in total. The first kappa shape index (κ1) is 21.6. The SMILES string of the molecule is O=C1CC[C@H](N2Cc3c(ccc4c3OCC43CCN(C(=O)C4CCNCC4)CC3)C2=O)C(=O)N1. The fraction of sp³-hybridized carbons (Fsp3) is 0.600. The maximum atomic E-state index is 13.1. The van der Waals surface area contributed by atoms with E-state index < -0.39 is 11.9 Å². The van der Waals surface area contributed by atoms with E-state index in [2.05, 4.69) is 10.6 Å². The molecule has 0 radical (unpaired) electrons. The predicted molar refractivity (Wildman–Crippen MR) is 121 cm³/mol. The second-order valence-electron chi connectivity index (χ2n) is 10.3. The Bertz CT molecular complexity index is 1070. The van der Waals surface area contributed by atoms with Crippen LogP contribution in [0.2, 0.25) is 0 Å². The van der Waals surface area contributed by atoms with Crippen molar-refractivity contribution in [3.05, 3.63) is 28.8 Å². The monoisotopic (exact) mass is 466 g/mol. The number of amides is 4. The Labute approximate surface area is 198 Å². The second-order valence-corrected chi connectivity index (χ2v) is 10.3. The van der Waals surface area contributed by atoms with Crippen LogP contribution in [0.5, 0.6) is 5.75 Å². The normalized spacial score (nSPS) is 26.4. The Hall–Kier alpha value is -2.94. The molecule has 180 valence electrons. The third-order valence-electron chi connectivity index (χ3n) is 8.45. The van der Waals surface area contributed by atoms with Gasteiger partial charge < -0.3 is 19.9 Å². The van der Waals surface area contributed by atoms with Gasteiger partial charge >= 0.3 is 0 Å². The average Bonchev–Trinajstić information content (AvgIpc) is 3.38. The highest BCUT2D eigenvalue weighted by molar-refractivity contribution is 6.05. The van der Waals surface area contributed by atoms with Crippen molar-refractivity contribution >= 4 is 23.6 Å². The molecule has 6 rings (SSSR count). The van der Waals surface area contributed by atoms with Gasteiger partial charge in [-0.2, -0.15) is 0 Å². The lowest BCUT2D eigenvalue weighted by molar-refractivity contribution is -0.138. The van der Waals surface area contributed by atoms with Crippen LogP contribution in [0, 0.1) is 5.92 Å². The lowest BCUT2D eigenvalue weighted by Gasteiger charge is -2.40. The van der Waals surface area contributed by atoms with E-state index in [1.807, 2.05) is 17.0 Å². The maximum Gasteiger partial charge on any atom is 0.255 e. The number of fused-ring (bicyclic) bond motifs is 4. The van der Waals surface area contributed by atoms with E-state index >= 15 is 0 Å². The van der Waals surface area contributed by atoms with Crippen molar-refractivity contribution in [1.29, 1.82) is 0 Å². The summed E-state index contributed by atoms with van der Waals surface area (Å²) in [6.45, 7) is 4.15. The van der Waals surface area contributed by atoms with E-state index in [-0.39, 0.29) is 35.5 Å². The molecule has 5 aliphatic rings. The molecule has 0 bridgehead atoms. The summed E-state index contributed by atoms with van der Waals surface area (Å²) in [6.07, 6.45) is 4.10. The van der Waals surface area contributed by atoms with Crippen LogP contribution in [0.15, 0.2) is 12.1 Å².